The fraction of sp³-hybridized carbons (Fsp3) is 0.125. The van der Waals surface area contributed by atoms with Gasteiger partial charge in [-0.15, -0.1) is 0 Å². The Morgan fingerprint density at radius 2 is 1.12 bits per heavy atom. The molecule has 3 aromatic rings. The van der Waals surface area contributed by atoms with E-state index in [0.29, 0.717) is 22.8 Å². The van der Waals surface area contributed by atoms with Crippen molar-refractivity contribution in [1.82, 2.24) is 19.6 Å². The molecule has 0 aliphatic rings. The second-order valence-electron chi connectivity index (χ2n) is 5.23. The molecule has 8 heteroatoms. The molecular formula is C16H16N6O2. The van der Waals surface area contributed by atoms with Gasteiger partial charge in [0.15, 0.2) is 11.4 Å². The highest BCUT2D eigenvalue weighted by molar-refractivity contribution is 6.04. The van der Waals surface area contributed by atoms with Crippen molar-refractivity contribution in [2.45, 2.75) is 0 Å². The molecule has 0 spiro atoms. The molecule has 2 amide bonds. The van der Waals surface area contributed by atoms with Gasteiger partial charge in [0.2, 0.25) is 0 Å². The summed E-state index contributed by atoms with van der Waals surface area (Å²) < 4.78 is 3.12. The molecule has 0 radical (unpaired) electrons. The molecule has 2 N–H and O–H groups in total. The standard InChI is InChI=1S/C16H16N6O2/c1-21-9-7-13(19-21)15(23)17-11-3-5-12(6-4-11)18-16(24)14-8-10-22(2)20-14/h3-10H,1-2H3,(H,17,23)(H,18,24). The maximum Gasteiger partial charge on any atom is 0.276 e. The van der Waals surface area contributed by atoms with E-state index in [2.05, 4.69) is 20.8 Å². The minimum Gasteiger partial charge on any atom is -0.321 e. The second-order valence-corrected chi connectivity index (χ2v) is 5.23. The summed E-state index contributed by atoms with van der Waals surface area (Å²) in [5.74, 6) is -0.582. The first-order valence-electron chi connectivity index (χ1n) is 7.23. The smallest absolute Gasteiger partial charge is 0.276 e. The molecule has 2 heterocycles. The van der Waals surface area contributed by atoms with Crippen LogP contribution in [0.25, 0.3) is 0 Å². The molecule has 8 nitrogen and oxygen atoms in total. The zero-order valence-electron chi connectivity index (χ0n) is 13.2. The predicted octanol–water partition coefficient (Wildman–Crippen LogP) is 1.66. The predicted molar refractivity (Wildman–Crippen MR) is 88.8 cm³/mol. The number of nitrogens with one attached hydrogen (secondary N) is 2. The lowest BCUT2D eigenvalue weighted by molar-refractivity contribution is 0.101. The van der Waals surface area contributed by atoms with Gasteiger partial charge in [-0.05, 0) is 36.4 Å². The molecule has 0 aliphatic heterocycles. The summed E-state index contributed by atoms with van der Waals surface area (Å²) in [4.78, 5) is 24.0. The summed E-state index contributed by atoms with van der Waals surface area (Å²) in [6, 6.07) is 10.1. The first kappa shape index (κ1) is 15.5. The highest BCUT2D eigenvalue weighted by atomic mass is 16.2. The van der Waals surface area contributed by atoms with Crippen molar-refractivity contribution >= 4 is 23.2 Å². The largest absolute Gasteiger partial charge is 0.321 e. The third-order valence-corrected chi connectivity index (χ3v) is 3.29. The molecule has 2 aromatic heterocycles. The van der Waals surface area contributed by atoms with E-state index in [1.807, 2.05) is 0 Å². The topological polar surface area (TPSA) is 93.8 Å². The first-order valence-corrected chi connectivity index (χ1v) is 7.23. The van der Waals surface area contributed by atoms with Gasteiger partial charge < -0.3 is 10.6 Å². The van der Waals surface area contributed by atoms with Gasteiger partial charge in [-0.2, -0.15) is 10.2 Å². The van der Waals surface area contributed by atoms with Gasteiger partial charge in [-0.25, -0.2) is 0 Å². The van der Waals surface area contributed by atoms with Crippen molar-refractivity contribution in [2.24, 2.45) is 14.1 Å². The first-order chi connectivity index (χ1) is 11.5. The summed E-state index contributed by atoms with van der Waals surface area (Å²) in [6.07, 6.45) is 3.40. The third-order valence-electron chi connectivity index (χ3n) is 3.29. The van der Waals surface area contributed by atoms with Gasteiger partial charge in [-0.3, -0.25) is 19.0 Å². The van der Waals surface area contributed by atoms with Crippen LogP contribution in [-0.4, -0.2) is 31.4 Å². The lowest BCUT2D eigenvalue weighted by Gasteiger charge is -2.06. The molecule has 1 aromatic carbocycles. The fourth-order valence-electron chi connectivity index (χ4n) is 2.10. The number of rotatable bonds is 4. The van der Waals surface area contributed by atoms with Gasteiger partial charge in [0, 0.05) is 37.9 Å². The normalized spacial score (nSPS) is 10.4. The zero-order chi connectivity index (χ0) is 17.1. The van der Waals surface area contributed by atoms with E-state index in [9.17, 15) is 9.59 Å². The Labute approximate surface area is 138 Å². The SMILES string of the molecule is Cn1ccc(C(=O)Nc2ccc(NC(=O)c3ccn(C)n3)cc2)n1. The van der Waals surface area contributed by atoms with E-state index in [1.54, 1.807) is 72.3 Å². The number of hydrogen-bond acceptors (Lipinski definition) is 4. The monoisotopic (exact) mass is 324 g/mol. The quantitative estimate of drug-likeness (QED) is 0.763. The van der Waals surface area contributed by atoms with Crippen molar-refractivity contribution in [2.75, 3.05) is 10.6 Å². The van der Waals surface area contributed by atoms with E-state index < -0.39 is 0 Å². The van der Waals surface area contributed by atoms with E-state index in [0.717, 1.165) is 0 Å². The number of amides is 2. The highest BCUT2D eigenvalue weighted by Crippen LogP contribution is 2.15. The fourth-order valence-corrected chi connectivity index (χ4v) is 2.10. The highest BCUT2D eigenvalue weighted by Gasteiger charge is 2.11. The minimum absolute atomic E-state index is 0.291. The van der Waals surface area contributed by atoms with Crippen LogP contribution in [0.1, 0.15) is 21.0 Å². The summed E-state index contributed by atoms with van der Waals surface area (Å²) in [5.41, 5.74) is 1.90. The van der Waals surface area contributed by atoms with Gasteiger partial charge in [0.1, 0.15) is 0 Å². The maximum absolute atomic E-state index is 12.0. The van der Waals surface area contributed by atoms with Crippen LogP contribution in [0.15, 0.2) is 48.8 Å². The van der Waals surface area contributed by atoms with E-state index >= 15 is 0 Å². The average Bonchev–Trinajstić information content (AvgIpc) is 3.18. The van der Waals surface area contributed by atoms with E-state index in [4.69, 9.17) is 0 Å². The summed E-state index contributed by atoms with van der Waals surface area (Å²) in [5, 5.41) is 13.6. The molecule has 0 fully saturated rings. The van der Waals surface area contributed by atoms with E-state index in [-0.39, 0.29) is 11.8 Å². The van der Waals surface area contributed by atoms with Crippen LogP contribution >= 0.6 is 0 Å². The molecule has 3 rings (SSSR count). The van der Waals surface area contributed by atoms with E-state index in [1.165, 1.54) is 0 Å². The molecule has 0 saturated carbocycles. The number of aryl methyl sites for hydroxylation is 2. The number of nitrogens with zero attached hydrogens (tertiary/aromatic N) is 4. The zero-order valence-corrected chi connectivity index (χ0v) is 13.2. The molecule has 24 heavy (non-hydrogen) atoms. The number of hydrogen-bond donors (Lipinski definition) is 2. The van der Waals surface area contributed by atoms with Crippen LogP contribution in [-0.2, 0) is 14.1 Å². The van der Waals surface area contributed by atoms with Crippen LogP contribution in [0, 0.1) is 0 Å². The van der Waals surface area contributed by atoms with Crippen LogP contribution in [0.2, 0.25) is 0 Å². The van der Waals surface area contributed by atoms with Crippen LogP contribution in [0.4, 0.5) is 11.4 Å². The van der Waals surface area contributed by atoms with Gasteiger partial charge >= 0.3 is 0 Å². The number of carbonyl (C=O) groups is 2. The maximum atomic E-state index is 12.0. The second kappa shape index (κ2) is 6.37. The van der Waals surface area contributed by atoms with Gasteiger partial charge in [-0.1, -0.05) is 0 Å². The molecule has 0 bridgehead atoms. The summed E-state index contributed by atoms with van der Waals surface area (Å²) in [6.45, 7) is 0. The summed E-state index contributed by atoms with van der Waals surface area (Å²) >= 11 is 0. The molecular weight excluding hydrogens is 308 g/mol. The lowest BCUT2D eigenvalue weighted by atomic mass is 10.2. The number of benzene rings is 1. The Morgan fingerprint density at radius 3 is 1.42 bits per heavy atom. The average molecular weight is 324 g/mol. The van der Waals surface area contributed by atoms with Crippen LogP contribution in [0.5, 0.6) is 0 Å². The van der Waals surface area contributed by atoms with Crippen LogP contribution in [0.3, 0.4) is 0 Å². The Kier molecular flexibility index (Phi) is 4.11. The Balaban J connectivity index is 1.63. The number of anilines is 2. The number of carbonyl (C=O) groups excluding carboxylic acids is 2. The van der Waals surface area contributed by atoms with Gasteiger partial charge in [0.25, 0.3) is 11.8 Å². The van der Waals surface area contributed by atoms with Crippen molar-refractivity contribution in [3.05, 3.63) is 60.2 Å². The minimum atomic E-state index is -0.291. The van der Waals surface area contributed by atoms with Crippen molar-refractivity contribution < 1.29 is 9.59 Å². The number of aromatic nitrogens is 4. The van der Waals surface area contributed by atoms with Crippen LogP contribution < -0.4 is 10.6 Å². The Morgan fingerprint density at radius 1 is 0.750 bits per heavy atom. The van der Waals surface area contributed by atoms with Crippen molar-refractivity contribution in [3.8, 4) is 0 Å². The molecule has 122 valence electrons. The molecule has 0 atom stereocenters. The summed E-state index contributed by atoms with van der Waals surface area (Å²) in [7, 11) is 3.49. The Bertz CT molecular complexity index is 805. The van der Waals surface area contributed by atoms with Crippen molar-refractivity contribution in [3.63, 3.8) is 0 Å². The van der Waals surface area contributed by atoms with Crippen molar-refractivity contribution in [1.29, 1.82) is 0 Å². The molecule has 0 unspecified atom stereocenters. The third kappa shape index (κ3) is 3.49. The lowest BCUT2D eigenvalue weighted by Crippen LogP contribution is -2.14. The van der Waals surface area contributed by atoms with Gasteiger partial charge in [0.05, 0.1) is 0 Å². The Hall–Kier alpha value is -3.42. The molecule has 0 aliphatic carbocycles. The molecule has 0 saturated heterocycles.